The third kappa shape index (κ3) is 4.25. The Morgan fingerprint density at radius 2 is 2.17 bits per heavy atom. The van der Waals surface area contributed by atoms with E-state index in [-0.39, 0.29) is 13.0 Å². The topological polar surface area (TPSA) is 39.9 Å². The number of alkyl halides is 1. The van der Waals surface area contributed by atoms with Crippen molar-refractivity contribution in [1.82, 2.24) is 0 Å². The van der Waals surface area contributed by atoms with Gasteiger partial charge in [0.25, 0.3) is 6.04 Å². The van der Waals surface area contributed by atoms with Gasteiger partial charge in [-0.15, -0.1) is 0 Å². The zero-order valence-electron chi connectivity index (χ0n) is 13.7. The third-order valence-electron chi connectivity index (χ3n) is 4.44. The summed E-state index contributed by atoms with van der Waals surface area (Å²) in [7, 11) is 0. The molecule has 130 valence electrons. The molecule has 1 saturated heterocycles. The highest BCUT2D eigenvalue weighted by atomic mass is 35.5. The summed E-state index contributed by atoms with van der Waals surface area (Å²) >= 11 is 6.21. The Labute approximate surface area is 146 Å². The number of hydrogen-bond acceptors (Lipinski definition) is 3. The van der Waals surface area contributed by atoms with E-state index in [1.165, 1.54) is 0 Å². The molecule has 0 unspecified atom stereocenters. The maximum Gasteiger partial charge on any atom is 0.314 e. The van der Waals surface area contributed by atoms with E-state index in [1.807, 2.05) is 0 Å². The highest BCUT2D eigenvalue weighted by molar-refractivity contribution is 6.30. The Hall–Kier alpha value is -1.64. The van der Waals surface area contributed by atoms with Crippen LogP contribution in [0.25, 0.3) is 4.85 Å². The highest BCUT2D eigenvalue weighted by Crippen LogP contribution is 2.38. The van der Waals surface area contributed by atoms with E-state index in [2.05, 4.69) is 4.85 Å². The number of carbonyl (C=O) groups is 1. The van der Waals surface area contributed by atoms with Gasteiger partial charge in [0.2, 0.25) is 0 Å². The van der Waals surface area contributed by atoms with Gasteiger partial charge in [-0.2, -0.15) is 0 Å². The molecule has 0 radical (unpaired) electrons. The van der Waals surface area contributed by atoms with E-state index in [9.17, 15) is 9.18 Å². The van der Waals surface area contributed by atoms with Gasteiger partial charge in [0.15, 0.2) is 0 Å². The van der Waals surface area contributed by atoms with Crippen LogP contribution in [0.1, 0.15) is 43.4 Å². The SMILES string of the molecule is [C-]#[N+][C@@H](CC(=O)OCC)c1cc(Cl)cc(C2(CF)CCOCC2)c1. The molecule has 1 heterocycles. The third-order valence-corrected chi connectivity index (χ3v) is 4.66. The summed E-state index contributed by atoms with van der Waals surface area (Å²) in [6.07, 6.45) is 1.11. The second-order valence-corrected chi connectivity index (χ2v) is 6.39. The molecular formula is C18H21ClFNO3. The van der Waals surface area contributed by atoms with Crippen molar-refractivity contribution in [2.24, 2.45) is 0 Å². The van der Waals surface area contributed by atoms with Crippen molar-refractivity contribution in [3.8, 4) is 0 Å². The van der Waals surface area contributed by atoms with E-state index in [4.69, 9.17) is 27.6 Å². The molecule has 2 rings (SSSR count). The summed E-state index contributed by atoms with van der Waals surface area (Å²) in [5.41, 5.74) is 0.766. The molecule has 24 heavy (non-hydrogen) atoms. The number of hydrogen-bond donors (Lipinski definition) is 0. The molecule has 1 aromatic carbocycles. The number of nitrogens with zero attached hydrogens (tertiary/aromatic N) is 1. The van der Waals surface area contributed by atoms with Crippen LogP contribution in [-0.4, -0.2) is 32.5 Å². The monoisotopic (exact) mass is 353 g/mol. The molecule has 0 N–H and O–H groups in total. The van der Waals surface area contributed by atoms with Crippen molar-refractivity contribution in [1.29, 1.82) is 0 Å². The first-order valence-corrected chi connectivity index (χ1v) is 8.39. The molecule has 1 fully saturated rings. The maximum absolute atomic E-state index is 13.8. The van der Waals surface area contributed by atoms with E-state index >= 15 is 0 Å². The second-order valence-electron chi connectivity index (χ2n) is 5.95. The number of carbonyl (C=O) groups excluding carboxylic acids is 1. The van der Waals surface area contributed by atoms with Gasteiger partial charge in [-0.3, -0.25) is 9.18 Å². The van der Waals surface area contributed by atoms with Gasteiger partial charge in [0.05, 0.1) is 13.3 Å². The molecular weight excluding hydrogens is 333 g/mol. The Kier molecular flexibility index (Phi) is 6.59. The van der Waals surface area contributed by atoms with Gasteiger partial charge < -0.3 is 14.3 Å². The summed E-state index contributed by atoms with van der Waals surface area (Å²) in [5, 5.41) is 0.444. The van der Waals surface area contributed by atoms with Crippen LogP contribution in [0.3, 0.4) is 0 Å². The van der Waals surface area contributed by atoms with Gasteiger partial charge >= 0.3 is 5.97 Å². The van der Waals surface area contributed by atoms with Gasteiger partial charge in [-0.25, -0.2) is 6.57 Å². The minimum Gasteiger partial charge on any atom is -0.466 e. The molecule has 0 spiro atoms. The smallest absolute Gasteiger partial charge is 0.314 e. The molecule has 0 saturated carbocycles. The van der Waals surface area contributed by atoms with Crippen molar-refractivity contribution in [3.05, 3.63) is 45.8 Å². The van der Waals surface area contributed by atoms with Crippen molar-refractivity contribution >= 4 is 17.6 Å². The van der Waals surface area contributed by atoms with Crippen LogP contribution in [0.15, 0.2) is 18.2 Å². The van der Waals surface area contributed by atoms with Gasteiger partial charge in [0, 0.05) is 29.2 Å². The van der Waals surface area contributed by atoms with Crippen LogP contribution < -0.4 is 0 Å². The lowest BCUT2D eigenvalue weighted by Crippen LogP contribution is -2.36. The van der Waals surface area contributed by atoms with Crippen LogP contribution >= 0.6 is 11.6 Å². The van der Waals surface area contributed by atoms with E-state index in [0.29, 0.717) is 36.6 Å². The second kappa shape index (κ2) is 8.46. The number of esters is 1. The van der Waals surface area contributed by atoms with Crippen LogP contribution in [0, 0.1) is 6.57 Å². The molecule has 1 atom stereocenters. The molecule has 4 nitrogen and oxygen atoms in total. The maximum atomic E-state index is 13.8. The Morgan fingerprint density at radius 1 is 1.46 bits per heavy atom. The lowest BCUT2D eigenvalue weighted by atomic mass is 9.74. The number of rotatable bonds is 6. The Balaban J connectivity index is 2.33. The van der Waals surface area contributed by atoms with Crippen molar-refractivity contribution in [2.45, 2.75) is 37.6 Å². The number of benzene rings is 1. The number of halogens is 2. The van der Waals surface area contributed by atoms with Crippen LogP contribution in [0.5, 0.6) is 0 Å². The zero-order chi connectivity index (χ0) is 17.6. The summed E-state index contributed by atoms with van der Waals surface area (Å²) in [6.45, 7) is 9.87. The van der Waals surface area contributed by atoms with Gasteiger partial charge in [-0.05, 0) is 43.5 Å². The molecule has 1 aliphatic heterocycles. The first kappa shape index (κ1) is 18.7. The summed E-state index contributed by atoms with van der Waals surface area (Å²) < 4.78 is 24.1. The summed E-state index contributed by atoms with van der Waals surface area (Å²) in [5.74, 6) is -0.425. The largest absolute Gasteiger partial charge is 0.466 e. The summed E-state index contributed by atoms with van der Waals surface area (Å²) in [6, 6.07) is 4.54. The fourth-order valence-electron chi connectivity index (χ4n) is 2.99. The van der Waals surface area contributed by atoms with Gasteiger partial charge in [0.1, 0.15) is 6.42 Å². The van der Waals surface area contributed by atoms with Gasteiger partial charge in [-0.1, -0.05) is 11.6 Å². The standard InChI is InChI=1S/C18H21ClFNO3/c1-3-24-17(22)11-16(21-2)13-8-14(10-15(19)9-13)18(12-20)4-6-23-7-5-18/h8-10,16H,3-7,11-12H2,1H3/t16-/m0/s1. The molecule has 0 amide bonds. The quantitative estimate of drug-likeness (QED) is 0.566. The predicted octanol–water partition coefficient (Wildman–Crippen LogP) is 4.27. The van der Waals surface area contributed by atoms with E-state index < -0.39 is 24.1 Å². The molecule has 0 aliphatic carbocycles. The molecule has 0 bridgehead atoms. The van der Waals surface area contributed by atoms with E-state index in [0.717, 1.165) is 5.56 Å². The van der Waals surface area contributed by atoms with Crippen LogP contribution in [0.2, 0.25) is 5.02 Å². The fraction of sp³-hybridized carbons (Fsp3) is 0.556. The number of ether oxygens (including phenoxy) is 2. The van der Waals surface area contributed by atoms with Crippen LogP contribution in [-0.2, 0) is 19.7 Å². The van der Waals surface area contributed by atoms with E-state index in [1.54, 1.807) is 25.1 Å². The average molecular weight is 354 g/mol. The predicted molar refractivity (Wildman–Crippen MR) is 89.8 cm³/mol. The lowest BCUT2D eigenvalue weighted by Gasteiger charge is -2.35. The highest BCUT2D eigenvalue weighted by Gasteiger charge is 2.36. The fourth-order valence-corrected chi connectivity index (χ4v) is 3.23. The molecule has 0 aromatic heterocycles. The van der Waals surface area contributed by atoms with Crippen molar-refractivity contribution in [2.75, 3.05) is 26.5 Å². The molecule has 1 aliphatic rings. The molecule has 1 aromatic rings. The average Bonchev–Trinajstić information content (AvgIpc) is 2.60. The Bertz CT molecular complexity index is 623. The minimum atomic E-state index is -0.682. The zero-order valence-corrected chi connectivity index (χ0v) is 14.4. The lowest BCUT2D eigenvalue weighted by molar-refractivity contribution is -0.143. The first-order valence-electron chi connectivity index (χ1n) is 8.01. The first-order chi connectivity index (χ1) is 11.5. The normalized spacial score (nSPS) is 17.8. The molecule has 6 heteroatoms. The summed E-state index contributed by atoms with van der Waals surface area (Å²) in [4.78, 5) is 15.2. The Morgan fingerprint density at radius 3 is 2.75 bits per heavy atom. The van der Waals surface area contributed by atoms with Crippen LogP contribution in [0.4, 0.5) is 4.39 Å². The van der Waals surface area contributed by atoms with Crippen molar-refractivity contribution < 1.29 is 18.7 Å². The minimum absolute atomic E-state index is 0.0388. The van der Waals surface area contributed by atoms with Crippen molar-refractivity contribution in [3.63, 3.8) is 0 Å².